The molecule has 1 aromatic heterocycles. The summed E-state index contributed by atoms with van der Waals surface area (Å²) in [4.78, 5) is 13.1. The van der Waals surface area contributed by atoms with E-state index in [-0.39, 0.29) is 6.61 Å². The molecule has 0 unspecified atom stereocenters. The monoisotopic (exact) mass is 296 g/mol. The molecule has 122 valence electrons. The maximum atomic E-state index is 8.85. The topological polar surface area (TPSA) is 52.5 Å². The standard InChI is InChI=1S/C11H18N4O.C3H8.C2H6/c1-10-8-13-11(9-12-10)15-4-2-14(3-5-15)6-7-16;1-3-2;1-2/h8-9,16H,2-7H2,1H3;3H2,1-2H3;1-2H3. The normalized spacial score (nSPS) is 14.7. The second kappa shape index (κ2) is 12.5. The van der Waals surface area contributed by atoms with Crippen molar-refractivity contribution in [3.05, 3.63) is 18.1 Å². The summed E-state index contributed by atoms with van der Waals surface area (Å²) in [5, 5.41) is 8.85. The fourth-order valence-electron chi connectivity index (χ4n) is 1.89. The number of aryl methyl sites for hydroxylation is 1. The van der Waals surface area contributed by atoms with Gasteiger partial charge in [-0.3, -0.25) is 9.88 Å². The molecular formula is C16H32N4O. The van der Waals surface area contributed by atoms with Gasteiger partial charge in [0.05, 0.1) is 24.7 Å². The van der Waals surface area contributed by atoms with E-state index in [1.54, 1.807) is 6.20 Å². The smallest absolute Gasteiger partial charge is 0.147 e. The number of aromatic nitrogens is 2. The minimum Gasteiger partial charge on any atom is -0.395 e. The van der Waals surface area contributed by atoms with Crippen LogP contribution in [-0.2, 0) is 0 Å². The third kappa shape index (κ3) is 7.97. The maximum Gasteiger partial charge on any atom is 0.147 e. The van der Waals surface area contributed by atoms with Gasteiger partial charge >= 0.3 is 0 Å². The number of β-amino-alcohol motifs (C(OH)–C–C–N with tert-alkyl or cyclic N) is 1. The minimum absolute atomic E-state index is 0.240. The van der Waals surface area contributed by atoms with Crippen molar-refractivity contribution in [2.24, 2.45) is 0 Å². The zero-order chi connectivity index (χ0) is 16.1. The molecule has 1 saturated heterocycles. The van der Waals surface area contributed by atoms with Crippen LogP contribution in [0.1, 0.15) is 39.8 Å². The molecule has 5 nitrogen and oxygen atoms in total. The number of hydrogen-bond donors (Lipinski definition) is 1. The lowest BCUT2D eigenvalue weighted by atomic mass is 10.3. The first-order valence-corrected chi connectivity index (χ1v) is 8.08. The summed E-state index contributed by atoms with van der Waals surface area (Å²) >= 11 is 0. The van der Waals surface area contributed by atoms with Crippen molar-refractivity contribution in [3.63, 3.8) is 0 Å². The Balaban J connectivity index is 0.000000713. The molecular weight excluding hydrogens is 264 g/mol. The van der Waals surface area contributed by atoms with Crippen LogP contribution in [0.4, 0.5) is 5.82 Å². The van der Waals surface area contributed by atoms with Gasteiger partial charge in [-0.15, -0.1) is 0 Å². The summed E-state index contributed by atoms with van der Waals surface area (Å²) in [5.41, 5.74) is 0.947. The predicted octanol–water partition coefficient (Wildman–Crippen LogP) is 2.34. The molecule has 1 fully saturated rings. The number of piperazine rings is 1. The van der Waals surface area contributed by atoms with Crippen LogP contribution in [0, 0.1) is 6.92 Å². The van der Waals surface area contributed by atoms with E-state index < -0.39 is 0 Å². The molecule has 1 aliphatic heterocycles. The molecule has 2 heterocycles. The fourth-order valence-corrected chi connectivity index (χ4v) is 1.89. The van der Waals surface area contributed by atoms with Crippen molar-refractivity contribution >= 4 is 5.82 Å². The molecule has 21 heavy (non-hydrogen) atoms. The summed E-state index contributed by atoms with van der Waals surface area (Å²) in [6, 6.07) is 0. The van der Waals surface area contributed by atoms with Gasteiger partial charge in [-0.05, 0) is 6.92 Å². The van der Waals surface area contributed by atoms with Gasteiger partial charge in [0.2, 0.25) is 0 Å². The van der Waals surface area contributed by atoms with Gasteiger partial charge in [-0.1, -0.05) is 34.1 Å². The van der Waals surface area contributed by atoms with E-state index >= 15 is 0 Å². The number of aliphatic hydroxyl groups excluding tert-OH is 1. The Morgan fingerprint density at radius 3 is 2.05 bits per heavy atom. The number of hydrogen-bond acceptors (Lipinski definition) is 5. The van der Waals surface area contributed by atoms with E-state index in [1.807, 2.05) is 27.0 Å². The van der Waals surface area contributed by atoms with Gasteiger partial charge in [-0.2, -0.15) is 0 Å². The Labute approximate surface area is 130 Å². The minimum atomic E-state index is 0.240. The van der Waals surface area contributed by atoms with Gasteiger partial charge in [0, 0.05) is 32.7 Å². The van der Waals surface area contributed by atoms with Crippen LogP contribution in [0.25, 0.3) is 0 Å². The Morgan fingerprint density at radius 2 is 1.62 bits per heavy atom. The number of nitrogens with zero attached hydrogens (tertiary/aromatic N) is 4. The van der Waals surface area contributed by atoms with Crippen LogP contribution in [0.3, 0.4) is 0 Å². The zero-order valence-corrected chi connectivity index (χ0v) is 14.3. The lowest BCUT2D eigenvalue weighted by Crippen LogP contribution is -2.47. The van der Waals surface area contributed by atoms with E-state index in [9.17, 15) is 0 Å². The summed E-state index contributed by atoms with van der Waals surface area (Å²) in [6.45, 7) is 15.1. The van der Waals surface area contributed by atoms with Crippen LogP contribution in [0.5, 0.6) is 0 Å². The van der Waals surface area contributed by atoms with Crippen LogP contribution in [0.2, 0.25) is 0 Å². The van der Waals surface area contributed by atoms with Gasteiger partial charge in [0.1, 0.15) is 5.82 Å². The largest absolute Gasteiger partial charge is 0.395 e. The Morgan fingerprint density at radius 1 is 1.05 bits per heavy atom. The van der Waals surface area contributed by atoms with E-state index in [0.717, 1.165) is 44.2 Å². The first-order chi connectivity index (χ1) is 10.2. The molecule has 0 aromatic carbocycles. The predicted molar refractivity (Wildman–Crippen MR) is 89.8 cm³/mol. The Bertz CT molecular complexity index is 335. The summed E-state index contributed by atoms with van der Waals surface area (Å²) in [6.07, 6.45) is 4.88. The van der Waals surface area contributed by atoms with Crippen LogP contribution in [-0.4, -0.2) is 59.3 Å². The second-order valence-corrected chi connectivity index (χ2v) is 4.78. The Hall–Kier alpha value is -1.20. The molecule has 1 aliphatic rings. The first kappa shape index (κ1) is 19.8. The summed E-state index contributed by atoms with van der Waals surface area (Å²) in [5.74, 6) is 0.953. The number of rotatable bonds is 3. The van der Waals surface area contributed by atoms with Gasteiger partial charge in [0.25, 0.3) is 0 Å². The van der Waals surface area contributed by atoms with Crippen molar-refractivity contribution in [1.82, 2.24) is 14.9 Å². The van der Waals surface area contributed by atoms with E-state index in [2.05, 4.69) is 33.6 Å². The first-order valence-electron chi connectivity index (χ1n) is 8.08. The van der Waals surface area contributed by atoms with Crippen molar-refractivity contribution in [1.29, 1.82) is 0 Å². The van der Waals surface area contributed by atoms with Crippen LogP contribution < -0.4 is 4.90 Å². The molecule has 0 bridgehead atoms. The lowest BCUT2D eigenvalue weighted by Gasteiger charge is -2.34. The molecule has 2 rings (SSSR count). The average Bonchev–Trinajstić information content (AvgIpc) is 2.52. The quantitative estimate of drug-likeness (QED) is 0.928. The number of anilines is 1. The SMILES string of the molecule is CC.CCC.Cc1cnc(N2CCN(CCO)CC2)cn1. The molecule has 5 heteroatoms. The van der Waals surface area contributed by atoms with E-state index in [4.69, 9.17) is 5.11 Å². The lowest BCUT2D eigenvalue weighted by molar-refractivity contribution is 0.188. The second-order valence-electron chi connectivity index (χ2n) is 4.78. The molecule has 1 N–H and O–H groups in total. The summed E-state index contributed by atoms with van der Waals surface area (Å²) < 4.78 is 0. The Kier molecular flexibility index (Phi) is 11.8. The molecule has 0 radical (unpaired) electrons. The van der Waals surface area contributed by atoms with Gasteiger partial charge < -0.3 is 10.0 Å². The zero-order valence-electron chi connectivity index (χ0n) is 14.3. The highest BCUT2D eigenvalue weighted by molar-refractivity contribution is 5.36. The molecule has 1 aromatic rings. The highest BCUT2D eigenvalue weighted by atomic mass is 16.3. The van der Waals surface area contributed by atoms with Crippen molar-refractivity contribution < 1.29 is 5.11 Å². The molecule has 0 amide bonds. The van der Waals surface area contributed by atoms with Gasteiger partial charge in [0.15, 0.2) is 0 Å². The van der Waals surface area contributed by atoms with E-state index in [0.29, 0.717) is 0 Å². The van der Waals surface area contributed by atoms with Crippen molar-refractivity contribution in [3.8, 4) is 0 Å². The highest BCUT2D eigenvalue weighted by Crippen LogP contribution is 2.11. The third-order valence-corrected chi connectivity index (χ3v) is 2.88. The average molecular weight is 296 g/mol. The maximum absolute atomic E-state index is 8.85. The van der Waals surface area contributed by atoms with Crippen molar-refractivity contribution in [2.45, 2.75) is 41.0 Å². The van der Waals surface area contributed by atoms with Crippen LogP contribution >= 0.6 is 0 Å². The van der Waals surface area contributed by atoms with Gasteiger partial charge in [-0.25, -0.2) is 4.98 Å². The summed E-state index contributed by atoms with van der Waals surface area (Å²) in [7, 11) is 0. The molecule has 0 spiro atoms. The number of aliphatic hydroxyl groups is 1. The van der Waals surface area contributed by atoms with E-state index in [1.165, 1.54) is 6.42 Å². The molecule has 0 saturated carbocycles. The highest BCUT2D eigenvalue weighted by Gasteiger charge is 2.17. The van der Waals surface area contributed by atoms with Crippen molar-refractivity contribution in [2.75, 3.05) is 44.2 Å². The third-order valence-electron chi connectivity index (χ3n) is 2.88. The molecule has 0 atom stereocenters. The molecule has 0 aliphatic carbocycles. The fraction of sp³-hybridized carbons (Fsp3) is 0.750. The van der Waals surface area contributed by atoms with Crippen LogP contribution in [0.15, 0.2) is 12.4 Å².